The first-order chi connectivity index (χ1) is 10.6. The van der Waals surface area contributed by atoms with E-state index in [9.17, 15) is 8.78 Å². The molecule has 1 nitrogen and oxygen atoms in total. The molecule has 1 atom stereocenters. The molecule has 1 unspecified atom stereocenters. The number of hydrogen-bond acceptors (Lipinski definition) is 0. The first-order valence-corrected chi connectivity index (χ1v) is 7.76. The summed E-state index contributed by atoms with van der Waals surface area (Å²) in [4.78, 5) is 0. The monoisotopic (exact) mass is 300 g/mol. The highest BCUT2D eigenvalue weighted by Crippen LogP contribution is 2.47. The van der Waals surface area contributed by atoms with Crippen LogP contribution in [0.3, 0.4) is 0 Å². The zero-order valence-corrected chi connectivity index (χ0v) is 13.0. The minimum Gasteiger partial charge on any atom is -0.200 e. The van der Waals surface area contributed by atoms with Crippen molar-refractivity contribution < 1.29 is 13.3 Å². The van der Waals surface area contributed by atoms with Gasteiger partial charge in [-0.3, -0.25) is 0 Å². The van der Waals surface area contributed by atoms with Crippen LogP contribution in [0.2, 0.25) is 0 Å². The van der Waals surface area contributed by atoms with Crippen LogP contribution in [0, 0.1) is 11.8 Å². The lowest BCUT2D eigenvalue weighted by Gasteiger charge is -2.36. The molecule has 0 radical (unpaired) electrons. The summed E-state index contributed by atoms with van der Waals surface area (Å²) in [6, 6.07) is 10.1. The molecule has 1 aromatic heterocycles. The molecule has 1 aromatic carbocycles. The van der Waals surface area contributed by atoms with Crippen molar-refractivity contribution in [2.24, 2.45) is 0 Å². The first kappa shape index (κ1) is 14.9. The van der Waals surface area contributed by atoms with Crippen molar-refractivity contribution in [3.8, 4) is 11.3 Å². The summed E-state index contributed by atoms with van der Waals surface area (Å²) in [6.07, 6.45) is 2.62. The lowest BCUT2D eigenvalue weighted by Crippen LogP contribution is -2.51. The van der Waals surface area contributed by atoms with E-state index in [1.54, 1.807) is 0 Å². The van der Waals surface area contributed by atoms with Gasteiger partial charge in [-0.1, -0.05) is 38.5 Å². The van der Waals surface area contributed by atoms with Crippen LogP contribution >= 0.6 is 0 Å². The maximum atomic E-state index is 14.5. The largest absolute Gasteiger partial charge is 0.365 e. The Morgan fingerprint density at radius 3 is 2.50 bits per heavy atom. The van der Waals surface area contributed by atoms with E-state index in [1.807, 2.05) is 24.3 Å². The molecule has 0 amide bonds. The average molecular weight is 300 g/mol. The molecule has 2 aromatic rings. The number of pyridine rings is 1. The molecular formula is C19H20F2N+. The van der Waals surface area contributed by atoms with Gasteiger partial charge in [0.1, 0.15) is 0 Å². The van der Waals surface area contributed by atoms with Crippen molar-refractivity contribution in [2.75, 3.05) is 0 Å². The highest BCUT2D eigenvalue weighted by molar-refractivity contribution is 5.73. The normalized spacial score (nSPS) is 19.7. The van der Waals surface area contributed by atoms with Gasteiger partial charge in [-0.05, 0) is 37.1 Å². The van der Waals surface area contributed by atoms with Crippen molar-refractivity contribution in [1.82, 2.24) is 0 Å². The number of benzene rings is 1. The summed E-state index contributed by atoms with van der Waals surface area (Å²) in [5, 5.41) is 0. The van der Waals surface area contributed by atoms with Crippen LogP contribution in [-0.4, -0.2) is 0 Å². The predicted molar refractivity (Wildman–Crippen MR) is 84.2 cm³/mol. The second kappa shape index (κ2) is 5.31. The van der Waals surface area contributed by atoms with Crippen molar-refractivity contribution in [1.29, 1.82) is 0 Å². The molecule has 0 spiro atoms. The molecule has 0 saturated carbocycles. The van der Waals surface area contributed by atoms with Crippen LogP contribution in [0.15, 0.2) is 43.0 Å². The van der Waals surface area contributed by atoms with Gasteiger partial charge >= 0.3 is 5.95 Å². The summed E-state index contributed by atoms with van der Waals surface area (Å²) in [6.45, 7) is 8.35. The quantitative estimate of drug-likeness (QED) is 0.563. The maximum absolute atomic E-state index is 14.5. The highest BCUT2D eigenvalue weighted by atomic mass is 19.1. The van der Waals surface area contributed by atoms with Crippen molar-refractivity contribution in [3.63, 3.8) is 0 Å². The van der Waals surface area contributed by atoms with Crippen LogP contribution in [0.5, 0.6) is 0 Å². The second-order valence-corrected chi connectivity index (χ2v) is 5.87. The molecule has 0 aliphatic carbocycles. The summed E-state index contributed by atoms with van der Waals surface area (Å²) < 4.78 is 30.2. The van der Waals surface area contributed by atoms with Gasteiger partial charge in [0.25, 0.3) is 5.69 Å². The Bertz CT molecular complexity index is 751. The molecule has 3 heteroatoms. The minimum atomic E-state index is -0.468. The Morgan fingerprint density at radius 2 is 1.82 bits per heavy atom. The highest BCUT2D eigenvalue weighted by Gasteiger charge is 2.48. The number of nitrogens with zero attached hydrogens (tertiary/aromatic N) is 1. The van der Waals surface area contributed by atoms with E-state index in [1.165, 1.54) is 16.7 Å². The third kappa shape index (κ3) is 1.84. The van der Waals surface area contributed by atoms with E-state index in [0.29, 0.717) is 5.70 Å². The zero-order valence-electron chi connectivity index (χ0n) is 13.0. The fourth-order valence-corrected chi connectivity index (χ4v) is 3.78. The molecule has 0 fully saturated rings. The minimum absolute atomic E-state index is 0.278. The average Bonchev–Trinajstić information content (AvgIpc) is 2.53. The molecule has 0 saturated heterocycles. The van der Waals surface area contributed by atoms with Gasteiger partial charge in [-0.15, -0.1) is 8.96 Å². The van der Waals surface area contributed by atoms with Crippen LogP contribution in [0.25, 0.3) is 17.0 Å². The molecule has 0 N–H and O–H groups in total. The number of fused-ring (bicyclic) bond motifs is 3. The summed E-state index contributed by atoms with van der Waals surface area (Å²) in [5.41, 5.74) is 2.37. The molecular weight excluding hydrogens is 280 g/mol. The lowest BCUT2D eigenvalue weighted by molar-refractivity contribution is -0.611. The molecule has 1 aliphatic heterocycles. The van der Waals surface area contributed by atoms with Gasteiger partial charge in [-0.25, -0.2) is 0 Å². The van der Waals surface area contributed by atoms with Crippen LogP contribution in [0.4, 0.5) is 8.78 Å². The summed E-state index contributed by atoms with van der Waals surface area (Å²) >= 11 is 0. The Hall–Kier alpha value is -2.03. The van der Waals surface area contributed by atoms with Crippen molar-refractivity contribution in [3.05, 3.63) is 60.3 Å². The second-order valence-electron chi connectivity index (χ2n) is 5.87. The Morgan fingerprint density at radius 1 is 1.09 bits per heavy atom. The number of aromatic nitrogens is 1. The van der Waals surface area contributed by atoms with Crippen molar-refractivity contribution in [2.45, 2.75) is 38.5 Å². The van der Waals surface area contributed by atoms with Crippen molar-refractivity contribution >= 4 is 5.70 Å². The van der Waals surface area contributed by atoms with Gasteiger partial charge in [-0.2, -0.15) is 4.39 Å². The number of hydrogen-bond donors (Lipinski definition) is 0. The van der Waals surface area contributed by atoms with E-state index in [0.717, 1.165) is 30.4 Å². The van der Waals surface area contributed by atoms with Crippen LogP contribution in [-0.2, 0) is 5.41 Å². The maximum Gasteiger partial charge on any atom is 0.365 e. The topological polar surface area (TPSA) is 3.88 Å². The van der Waals surface area contributed by atoms with Crippen LogP contribution in [0.1, 0.15) is 38.7 Å². The molecule has 22 heavy (non-hydrogen) atoms. The standard InChI is InChI=1S/C19H20F2N/c1-4-12-19(5-2)13(3)22-17(21)11-10-16(20)18(22)14-8-6-7-9-15(14)19/h6-11H,3-5,12H2,1-2H3/q+1. The fourth-order valence-electron chi connectivity index (χ4n) is 3.78. The third-order valence-electron chi connectivity index (χ3n) is 4.83. The molecule has 114 valence electrons. The molecule has 3 rings (SSSR count). The Kier molecular flexibility index (Phi) is 3.59. The Balaban J connectivity index is 2.42. The van der Waals surface area contributed by atoms with Gasteiger partial charge < -0.3 is 0 Å². The molecule has 0 bridgehead atoms. The van der Waals surface area contributed by atoms with Gasteiger partial charge in [0.15, 0.2) is 11.5 Å². The summed E-state index contributed by atoms with van der Waals surface area (Å²) in [7, 11) is 0. The van der Waals surface area contributed by atoms with E-state index >= 15 is 0 Å². The zero-order chi connectivity index (χ0) is 15.9. The molecule has 2 heterocycles. The third-order valence-corrected chi connectivity index (χ3v) is 4.83. The van der Waals surface area contributed by atoms with E-state index in [4.69, 9.17) is 0 Å². The Labute approximate surface area is 129 Å². The summed E-state index contributed by atoms with van der Waals surface area (Å²) in [5.74, 6) is -0.888. The lowest BCUT2D eigenvalue weighted by atomic mass is 9.68. The van der Waals surface area contributed by atoms with E-state index in [-0.39, 0.29) is 11.1 Å². The van der Waals surface area contributed by atoms with Gasteiger partial charge in [0.2, 0.25) is 0 Å². The molecule has 1 aliphatic rings. The van der Waals surface area contributed by atoms with E-state index < -0.39 is 11.8 Å². The van der Waals surface area contributed by atoms with E-state index in [2.05, 4.69) is 20.4 Å². The number of allylic oxidation sites excluding steroid dienone is 1. The SMILES string of the molecule is C=C1[n+]2c(F)ccc(F)c2-c2ccccc2C1(CC)CCC. The van der Waals surface area contributed by atoms with Crippen LogP contribution < -0.4 is 4.57 Å². The van der Waals surface area contributed by atoms with Gasteiger partial charge in [0, 0.05) is 6.07 Å². The fraction of sp³-hybridized carbons (Fsp3) is 0.316. The number of halogens is 2. The first-order valence-electron chi connectivity index (χ1n) is 7.76. The van der Waals surface area contributed by atoms with Gasteiger partial charge in [0.05, 0.1) is 11.0 Å². The number of rotatable bonds is 3. The predicted octanol–water partition coefficient (Wildman–Crippen LogP) is 4.85. The smallest absolute Gasteiger partial charge is 0.200 e.